The van der Waals surface area contributed by atoms with Crippen LogP contribution in [0.1, 0.15) is 45.0 Å². The van der Waals surface area contributed by atoms with E-state index < -0.39 is 29.6 Å². The van der Waals surface area contributed by atoms with Gasteiger partial charge in [0.15, 0.2) is 11.8 Å². The molecule has 0 unspecified atom stereocenters. The molecule has 1 heterocycles. The monoisotopic (exact) mass is 514 g/mol. The maximum Gasteiger partial charge on any atom is 0.408 e. The van der Waals surface area contributed by atoms with Crippen molar-refractivity contribution in [3.05, 3.63) is 35.7 Å². The molecule has 3 amide bonds. The zero-order chi connectivity index (χ0) is 27.4. The third kappa shape index (κ3) is 11.3. The standard InChI is InChI=1S/C23H34N10O4/c1-14-30-32-19(33-31-14)16-9-7-15(8-10-16)12-27-20(35)17(6-5-11-26-21(24)25)29-18(34)13-28-22(36)37-23(2,3)4/h7-10,17H,5-6,11-13H2,1-4H3,(H,27,35)(H,28,36)(H,29,34)(H4,24,25,26)/t17-/m0/s1. The van der Waals surface area contributed by atoms with Crippen molar-refractivity contribution >= 4 is 23.9 Å². The second-order valence-corrected chi connectivity index (χ2v) is 9.14. The fourth-order valence-electron chi connectivity index (χ4n) is 2.99. The highest BCUT2D eigenvalue weighted by atomic mass is 16.6. The predicted octanol–water partition coefficient (Wildman–Crippen LogP) is 0.131. The summed E-state index contributed by atoms with van der Waals surface area (Å²) in [5.41, 5.74) is 6.13. The molecule has 2 aromatic rings. The zero-order valence-corrected chi connectivity index (χ0v) is 21.4. The van der Waals surface area contributed by atoms with Gasteiger partial charge in [0.25, 0.3) is 0 Å². The van der Waals surface area contributed by atoms with Gasteiger partial charge in [-0.15, -0.1) is 20.4 Å². The van der Waals surface area contributed by atoms with Crippen molar-refractivity contribution in [3.8, 4) is 11.4 Å². The molecule has 0 bridgehead atoms. The molecule has 1 atom stereocenters. The van der Waals surface area contributed by atoms with E-state index in [0.717, 1.165) is 11.1 Å². The van der Waals surface area contributed by atoms with Gasteiger partial charge in [0.05, 0.1) is 0 Å². The summed E-state index contributed by atoms with van der Waals surface area (Å²) in [7, 11) is 0. The van der Waals surface area contributed by atoms with E-state index in [2.05, 4.69) is 41.7 Å². The number of carbonyl (C=O) groups is 3. The number of hydrogen-bond donors (Lipinski definition) is 6. The zero-order valence-electron chi connectivity index (χ0n) is 21.4. The molecule has 14 nitrogen and oxygen atoms in total. The number of guanidine groups is 1. The Labute approximate surface area is 215 Å². The summed E-state index contributed by atoms with van der Waals surface area (Å²) in [6.07, 6.45) is 0.0130. The van der Waals surface area contributed by atoms with Crippen LogP contribution in [0.2, 0.25) is 0 Å². The minimum atomic E-state index is -0.862. The average molecular weight is 515 g/mol. The first-order chi connectivity index (χ1) is 17.4. The Morgan fingerprint density at radius 1 is 1.03 bits per heavy atom. The number of ether oxygens (including phenoxy) is 1. The Morgan fingerprint density at radius 2 is 1.68 bits per heavy atom. The van der Waals surface area contributed by atoms with Gasteiger partial charge in [-0.25, -0.2) is 4.79 Å². The van der Waals surface area contributed by atoms with Gasteiger partial charge in [-0.05, 0) is 46.1 Å². The molecule has 0 aliphatic heterocycles. The third-order valence-electron chi connectivity index (χ3n) is 4.69. The SMILES string of the molecule is Cc1nnc(-c2ccc(CNC(=O)[C@H](CCCNC(=N)N)NC(=O)CNC(=O)OC(C)(C)C)cc2)nn1. The second-order valence-electron chi connectivity index (χ2n) is 9.14. The van der Waals surface area contributed by atoms with Crippen molar-refractivity contribution in [2.24, 2.45) is 5.73 Å². The number of carbonyl (C=O) groups excluding carboxylic acids is 3. The summed E-state index contributed by atoms with van der Waals surface area (Å²) in [5.74, 6) is -0.258. The summed E-state index contributed by atoms with van der Waals surface area (Å²) in [4.78, 5) is 37.0. The molecule has 0 saturated carbocycles. The number of nitrogens with one attached hydrogen (secondary N) is 5. The van der Waals surface area contributed by atoms with Gasteiger partial charge in [-0.2, -0.15) is 0 Å². The number of benzene rings is 1. The van der Waals surface area contributed by atoms with Gasteiger partial charge >= 0.3 is 6.09 Å². The fraction of sp³-hybridized carbons (Fsp3) is 0.478. The van der Waals surface area contributed by atoms with E-state index in [1.54, 1.807) is 39.8 Å². The Balaban J connectivity index is 1.93. The summed E-state index contributed by atoms with van der Waals surface area (Å²) >= 11 is 0. The Morgan fingerprint density at radius 3 is 2.27 bits per heavy atom. The number of aromatic nitrogens is 4. The summed E-state index contributed by atoms with van der Waals surface area (Å²) in [5, 5.41) is 33.5. The quantitative estimate of drug-likeness (QED) is 0.136. The lowest BCUT2D eigenvalue weighted by Gasteiger charge is -2.21. The number of alkyl carbamates (subject to hydrolysis) is 1. The van der Waals surface area contributed by atoms with Crippen LogP contribution in [0.25, 0.3) is 11.4 Å². The lowest BCUT2D eigenvalue weighted by molar-refractivity contribution is -0.128. The molecule has 7 N–H and O–H groups in total. The van der Waals surface area contributed by atoms with E-state index in [4.69, 9.17) is 15.9 Å². The minimum absolute atomic E-state index is 0.183. The van der Waals surface area contributed by atoms with E-state index in [-0.39, 0.29) is 25.5 Å². The first-order valence-electron chi connectivity index (χ1n) is 11.7. The van der Waals surface area contributed by atoms with Crippen LogP contribution >= 0.6 is 0 Å². The molecule has 200 valence electrons. The molecule has 0 fully saturated rings. The van der Waals surface area contributed by atoms with E-state index in [1.807, 2.05) is 12.1 Å². The number of aryl methyl sites for hydroxylation is 1. The lowest BCUT2D eigenvalue weighted by Crippen LogP contribution is -2.50. The molecule has 0 radical (unpaired) electrons. The summed E-state index contributed by atoms with van der Waals surface area (Å²) < 4.78 is 5.11. The van der Waals surface area contributed by atoms with Crippen molar-refractivity contribution < 1.29 is 19.1 Å². The van der Waals surface area contributed by atoms with Crippen molar-refractivity contribution in [1.82, 2.24) is 41.7 Å². The highest BCUT2D eigenvalue weighted by Crippen LogP contribution is 2.14. The van der Waals surface area contributed by atoms with E-state index in [0.29, 0.717) is 24.6 Å². The third-order valence-corrected chi connectivity index (χ3v) is 4.69. The molecular formula is C23H34N10O4. The topological polar surface area (TPSA) is 210 Å². The Bertz CT molecular complexity index is 1070. The highest BCUT2D eigenvalue weighted by molar-refractivity contribution is 5.89. The van der Waals surface area contributed by atoms with Crippen LogP contribution < -0.4 is 27.0 Å². The van der Waals surface area contributed by atoms with Crippen molar-refractivity contribution in [1.29, 1.82) is 5.41 Å². The van der Waals surface area contributed by atoms with Crippen molar-refractivity contribution in [3.63, 3.8) is 0 Å². The Hall–Kier alpha value is -4.36. The van der Waals surface area contributed by atoms with Gasteiger partial charge in [0, 0.05) is 18.7 Å². The molecule has 0 aliphatic carbocycles. The van der Waals surface area contributed by atoms with Crippen LogP contribution in [-0.2, 0) is 20.9 Å². The Kier molecular flexibility index (Phi) is 10.7. The number of nitrogens with two attached hydrogens (primary N) is 1. The number of nitrogens with zero attached hydrogens (tertiary/aromatic N) is 4. The second kappa shape index (κ2) is 13.7. The fourth-order valence-corrected chi connectivity index (χ4v) is 2.99. The molecule has 0 spiro atoms. The largest absolute Gasteiger partial charge is 0.444 e. The summed E-state index contributed by atoms with van der Waals surface area (Å²) in [6.45, 7) is 7.05. The predicted molar refractivity (Wildman–Crippen MR) is 135 cm³/mol. The van der Waals surface area contributed by atoms with Crippen LogP contribution in [0, 0.1) is 12.3 Å². The number of hydrogen-bond acceptors (Lipinski definition) is 9. The van der Waals surface area contributed by atoms with E-state index >= 15 is 0 Å². The molecule has 37 heavy (non-hydrogen) atoms. The number of rotatable bonds is 11. The van der Waals surface area contributed by atoms with Crippen LogP contribution in [0.3, 0.4) is 0 Å². The van der Waals surface area contributed by atoms with Gasteiger partial charge in [0.2, 0.25) is 17.6 Å². The van der Waals surface area contributed by atoms with Crippen molar-refractivity contribution in [2.45, 2.75) is 58.7 Å². The summed E-state index contributed by atoms with van der Waals surface area (Å²) in [6, 6.07) is 6.36. The van der Waals surface area contributed by atoms with Crippen molar-refractivity contribution in [2.75, 3.05) is 13.1 Å². The van der Waals surface area contributed by atoms with Gasteiger partial charge < -0.3 is 31.7 Å². The van der Waals surface area contributed by atoms with Crippen LogP contribution in [-0.4, -0.2) is 69.0 Å². The maximum atomic E-state index is 12.9. The van der Waals surface area contributed by atoms with Crippen LogP contribution in [0.4, 0.5) is 4.79 Å². The minimum Gasteiger partial charge on any atom is -0.444 e. The molecule has 2 rings (SSSR count). The van der Waals surface area contributed by atoms with Gasteiger partial charge in [-0.3, -0.25) is 15.0 Å². The average Bonchev–Trinajstić information content (AvgIpc) is 2.83. The van der Waals surface area contributed by atoms with Gasteiger partial charge in [-0.1, -0.05) is 24.3 Å². The first-order valence-corrected chi connectivity index (χ1v) is 11.7. The molecule has 0 aliphatic rings. The molecule has 14 heteroatoms. The highest BCUT2D eigenvalue weighted by Gasteiger charge is 2.22. The van der Waals surface area contributed by atoms with Gasteiger partial charge in [0.1, 0.15) is 18.2 Å². The normalized spacial score (nSPS) is 11.7. The molecular weight excluding hydrogens is 480 g/mol. The first kappa shape index (κ1) is 28.9. The molecule has 1 aromatic carbocycles. The lowest BCUT2D eigenvalue weighted by atomic mass is 10.1. The maximum absolute atomic E-state index is 12.9. The van der Waals surface area contributed by atoms with E-state index in [9.17, 15) is 14.4 Å². The molecule has 1 aromatic heterocycles. The smallest absolute Gasteiger partial charge is 0.408 e. The number of amides is 3. The van der Waals surface area contributed by atoms with Crippen LogP contribution in [0.5, 0.6) is 0 Å². The van der Waals surface area contributed by atoms with Crippen LogP contribution in [0.15, 0.2) is 24.3 Å². The van der Waals surface area contributed by atoms with E-state index in [1.165, 1.54) is 0 Å². The molecule has 0 saturated heterocycles.